The molecule has 7 nitrogen and oxygen atoms in total. The largest absolute Gasteiger partial charge is 0.496 e. The molecule has 3 N–H and O–H groups in total. The molecule has 7 heteroatoms. The third kappa shape index (κ3) is 3.67. The number of methoxy groups -OCH3 is 1. The maximum atomic E-state index is 12.2. The number of ether oxygens (including phenoxy) is 1. The Labute approximate surface area is 140 Å². The summed E-state index contributed by atoms with van der Waals surface area (Å²) in [5.41, 5.74) is -0.267. The molecular weight excluding hydrogens is 312 g/mol. The van der Waals surface area contributed by atoms with Gasteiger partial charge >= 0.3 is 5.97 Å². The summed E-state index contributed by atoms with van der Waals surface area (Å²) in [4.78, 5) is 35.5. The van der Waals surface area contributed by atoms with Gasteiger partial charge in [0.15, 0.2) is 0 Å². The SMILES string of the molecule is CNC(=O)C1(C(=O)NCC(Cc2ccccc2OC)C(=O)O)CC1. The van der Waals surface area contributed by atoms with Gasteiger partial charge in [-0.1, -0.05) is 18.2 Å². The van der Waals surface area contributed by atoms with Crippen LogP contribution in [-0.4, -0.2) is 43.6 Å². The molecule has 1 unspecified atom stereocenters. The van der Waals surface area contributed by atoms with Crippen molar-refractivity contribution in [3.8, 4) is 5.75 Å². The summed E-state index contributed by atoms with van der Waals surface area (Å²) in [5.74, 6) is -1.93. The predicted molar refractivity (Wildman–Crippen MR) is 86.6 cm³/mol. The highest BCUT2D eigenvalue weighted by Crippen LogP contribution is 2.46. The number of rotatable bonds is 8. The lowest BCUT2D eigenvalue weighted by Gasteiger charge is -2.18. The Hall–Kier alpha value is -2.57. The van der Waals surface area contributed by atoms with Gasteiger partial charge in [-0.05, 0) is 30.9 Å². The van der Waals surface area contributed by atoms with Crippen molar-refractivity contribution in [3.63, 3.8) is 0 Å². The van der Waals surface area contributed by atoms with Crippen LogP contribution in [0.25, 0.3) is 0 Å². The van der Waals surface area contributed by atoms with Crippen molar-refractivity contribution in [3.05, 3.63) is 29.8 Å². The van der Waals surface area contributed by atoms with Crippen LogP contribution in [0.5, 0.6) is 5.75 Å². The number of para-hydroxylation sites is 1. The molecule has 24 heavy (non-hydrogen) atoms. The normalized spacial score (nSPS) is 15.9. The van der Waals surface area contributed by atoms with Crippen LogP contribution in [0, 0.1) is 11.3 Å². The summed E-state index contributed by atoms with van der Waals surface area (Å²) in [7, 11) is 3.01. The Kier molecular flexibility index (Phi) is 5.43. The first-order valence-corrected chi connectivity index (χ1v) is 7.80. The molecule has 1 aromatic carbocycles. The molecule has 1 saturated carbocycles. The molecule has 1 fully saturated rings. The monoisotopic (exact) mass is 334 g/mol. The van der Waals surface area contributed by atoms with Crippen molar-refractivity contribution in [1.29, 1.82) is 0 Å². The van der Waals surface area contributed by atoms with E-state index >= 15 is 0 Å². The summed E-state index contributed by atoms with van der Waals surface area (Å²) in [6, 6.07) is 7.17. The molecule has 1 aliphatic rings. The van der Waals surface area contributed by atoms with E-state index in [2.05, 4.69) is 10.6 Å². The second-order valence-electron chi connectivity index (χ2n) is 5.92. The highest BCUT2D eigenvalue weighted by molar-refractivity contribution is 6.07. The Balaban J connectivity index is 2.01. The van der Waals surface area contributed by atoms with E-state index in [0.717, 1.165) is 5.56 Å². The average molecular weight is 334 g/mol. The highest BCUT2D eigenvalue weighted by Gasteiger charge is 2.56. The van der Waals surface area contributed by atoms with Gasteiger partial charge in [0.05, 0.1) is 13.0 Å². The molecule has 0 saturated heterocycles. The smallest absolute Gasteiger partial charge is 0.308 e. The van der Waals surface area contributed by atoms with E-state index in [0.29, 0.717) is 18.6 Å². The molecule has 0 radical (unpaired) electrons. The molecule has 0 spiro atoms. The first-order chi connectivity index (χ1) is 11.4. The molecule has 0 bridgehead atoms. The Morgan fingerprint density at radius 3 is 2.46 bits per heavy atom. The molecule has 1 aromatic rings. The third-order valence-electron chi connectivity index (χ3n) is 4.36. The maximum Gasteiger partial charge on any atom is 0.308 e. The van der Waals surface area contributed by atoms with Gasteiger partial charge in [-0.3, -0.25) is 14.4 Å². The minimum atomic E-state index is -1.03. The standard InChI is InChI=1S/C17H22N2O5/c1-18-15(22)17(7-8-17)16(23)19-10-12(14(20)21)9-11-5-3-4-6-13(11)24-2/h3-6,12H,7-10H2,1-2H3,(H,18,22)(H,19,23)(H,20,21). The van der Waals surface area contributed by atoms with Crippen LogP contribution in [0.15, 0.2) is 24.3 Å². The molecule has 0 heterocycles. The van der Waals surface area contributed by atoms with Gasteiger partial charge in [0.25, 0.3) is 0 Å². The van der Waals surface area contributed by atoms with Crippen LogP contribution >= 0.6 is 0 Å². The fraction of sp³-hybridized carbons (Fsp3) is 0.471. The third-order valence-corrected chi connectivity index (χ3v) is 4.36. The number of carbonyl (C=O) groups excluding carboxylic acids is 2. The van der Waals surface area contributed by atoms with Crippen LogP contribution in [0.4, 0.5) is 0 Å². The fourth-order valence-corrected chi connectivity index (χ4v) is 2.69. The average Bonchev–Trinajstić information content (AvgIpc) is 3.39. The van der Waals surface area contributed by atoms with E-state index in [1.807, 2.05) is 0 Å². The van der Waals surface area contributed by atoms with Gasteiger partial charge in [-0.15, -0.1) is 0 Å². The van der Waals surface area contributed by atoms with E-state index in [1.54, 1.807) is 24.3 Å². The van der Waals surface area contributed by atoms with Crippen molar-refractivity contribution in [1.82, 2.24) is 10.6 Å². The van der Waals surface area contributed by atoms with Crippen LogP contribution in [0.3, 0.4) is 0 Å². The summed E-state index contributed by atoms with van der Waals surface area (Å²) in [6.45, 7) is -0.0367. The topological polar surface area (TPSA) is 105 Å². The molecular formula is C17H22N2O5. The number of hydrogen-bond acceptors (Lipinski definition) is 4. The van der Waals surface area contributed by atoms with E-state index in [-0.39, 0.29) is 18.9 Å². The number of amides is 2. The molecule has 1 atom stereocenters. The minimum Gasteiger partial charge on any atom is -0.496 e. The summed E-state index contributed by atoms with van der Waals surface area (Å²) >= 11 is 0. The number of carbonyl (C=O) groups is 3. The molecule has 0 aliphatic heterocycles. The molecule has 130 valence electrons. The number of nitrogens with one attached hydrogen (secondary N) is 2. The first kappa shape index (κ1) is 17.8. The van der Waals surface area contributed by atoms with Crippen LogP contribution in [0.1, 0.15) is 18.4 Å². The summed E-state index contributed by atoms with van der Waals surface area (Å²) in [6.07, 6.45) is 1.21. The first-order valence-electron chi connectivity index (χ1n) is 7.80. The van der Waals surface area contributed by atoms with Crippen LogP contribution in [-0.2, 0) is 20.8 Å². The second kappa shape index (κ2) is 7.33. The van der Waals surface area contributed by atoms with Crippen molar-refractivity contribution in [2.24, 2.45) is 11.3 Å². The zero-order valence-corrected chi connectivity index (χ0v) is 13.8. The number of aliphatic carboxylic acids is 1. The Morgan fingerprint density at radius 2 is 1.92 bits per heavy atom. The van der Waals surface area contributed by atoms with Gasteiger partial charge in [-0.25, -0.2) is 0 Å². The van der Waals surface area contributed by atoms with E-state index in [4.69, 9.17) is 4.74 Å². The van der Waals surface area contributed by atoms with Crippen molar-refractivity contribution in [2.45, 2.75) is 19.3 Å². The quantitative estimate of drug-likeness (QED) is 0.603. The fourth-order valence-electron chi connectivity index (χ4n) is 2.69. The van der Waals surface area contributed by atoms with Crippen molar-refractivity contribution >= 4 is 17.8 Å². The number of carboxylic acids is 1. The van der Waals surface area contributed by atoms with Crippen molar-refractivity contribution < 1.29 is 24.2 Å². The molecule has 2 rings (SSSR count). The number of hydrogen-bond donors (Lipinski definition) is 3. The van der Waals surface area contributed by atoms with Gasteiger partial charge in [0, 0.05) is 13.6 Å². The minimum absolute atomic E-state index is 0.0367. The maximum absolute atomic E-state index is 12.2. The lowest BCUT2D eigenvalue weighted by atomic mass is 9.97. The summed E-state index contributed by atoms with van der Waals surface area (Å²) in [5, 5.41) is 14.5. The van der Waals surface area contributed by atoms with Gasteiger partial charge < -0.3 is 20.5 Å². The lowest BCUT2D eigenvalue weighted by molar-refractivity contribution is -0.141. The molecule has 2 amide bonds. The Morgan fingerprint density at radius 1 is 1.25 bits per heavy atom. The van der Waals surface area contributed by atoms with Gasteiger partial charge in [0.1, 0.15) is 11.2 Å². The number of carboxylic acid groups (broad SMARTS) is 1. The van der Waals surface area contributed by atoms with Crippen molar-refractivity contribution in [2.75, 3.05) is 20.7 Å². The predicted octanol–water partition coefficient (Wildman–Crippen LogP) is 0.581. The highest BCUT2D eigenvalue weighted by atomic mass is 16.5. The molecule has 1 aliphatic carbocycles. The zero-order chi connectivity index (χ0) is 17.7. The van der Waals surface area contributed by atoms with Crippen LogP contribution < -0.4 is 15.4 Å². The van der Waals surface area contributed by atoms with Gasteiger partial charge in [-0.2, -0.15) is 0 Å². The van der Waals surface area contributed by atoms with E-state index < -0.39 is 23.2 Å². The van der Waals surface area contributed by atoms with Crippen LogP contribution in [0.2, 0.25) is 0 Å². The lowest BCUT2D eigenvalue weighted by Crippen LogP contribution is -2.44. The van der Waals surface area contributed by atoms with E-state index in [1.165, 1.54) is 14.2 Å². The summed E-state index contributed by atoms with van der Waals surface area (Å²) < 4.78 is 5.23. The second-order valence-corrected chi connectivity index (χ2v) is 5.92. The zero-order valence-electron chi connectivity index (χ0n) is 13.8. The number of benzene rings is 1. The van der Waals surface area contributed by atoms with E-state index in [9.17, 15) is 19.5 Å². The molecule has 0 aromatic heterocycles. The Bertz CT molecular complexity index is 640. The van der Waals surface area contributed by atoms with Gasteiger partial charge in [0.2, 0.25) is 11.8 Å².